The van der Waals surface area contributed by atoms with Gasteiger partial charge in [0.25, 0.3) is 5.56 Å². The van der Waals surface area contributed by atoms with Crippen molar-refractivity contribution in [3.05, 3.63) is 89.2 Å². The minimum absolute atomic E-state index is 0.0383. The van der Waals surface area contributed by atoms with E-state index in [1.807, 2.05) is 36.4 Å². The monoisotopic (exact) mass is 475 g/mol. The Morgan fingerprint density at radius 2 is 1.71 bits per heavy atom. The first-order valence-corrected chi connectivity index (χ1v) is 11.8. The Morgan fingerprint density at radius 3 is 2.44 bits per heavy atom. The second kappa shape index (κ2) is 11.0. The highest BCUT2D eigenvalue weighted by molar-refractivity contribution is 8.00. The highest BCUT2D eigenvalue weighted by atomic mass is 32.2. The van der Waals surface area contributed by atoms with Crippen LogP contribution in [-0.4, -0.2) is 32.4 Å². The number of nitrogens with one attached hydrogen (secondary N) is 1. The van der Waals surface area contributed by atoms with Crippen LogP contribution in [0.3, 0.4) is 0 Å². The first-order valence-electron chi connectivity index (χ1n) is 11.0. The van der Waals surface area contributed by atoms with Gasteiger partial charge in [0.2, 0.25) is 5.91 Å². The summed E-state index contributed by atoms with van der Waals surface area (Å²) in [4.78, 5) is 30.4. The standard InChI is InChI=1S/C26H25N3O4S/c1-18(24(31)27-19-12-14-21(15-13-19)33-20-8-3-2-4-9-20)34-26-28-23-11-6-5-10-22(23)25(32)29(26)16-7-17-30/h2-6,8-15,18,30H,7,16-17H2,1H3,(H,27,31). The van der Waals surface area contributed by atoms with Gasteiger partial charge < -0.3 is 15.2 Å². The molecule has 1 heterocycles. The molecule has 1 unspecified atom stereocenters. The Bertz CT molecular complexity index is 1320. The van der Waals surface area contributed by atoms with Crippen LogP contribution in [-0.2, 0) is 11.3 Å². The molecular formula is C26H25N3O4S. The van der Waals surface area contributed by atoms with Gasteiger partial charge >= 0.3 is 0 Å². The molecule has 0 aliphatic carbocycles. The number of aliphatic hydroxyl groups excluding tert-OH is 1. The van der Waals surface area contributed by atoms with Gasteiger partial charge in [-0.1, -0.05) is 42.1 Å². The van der Waals surface area contributed by atoms with E-state index >= 15 is 0 Å². The molecule has 2 N–H and O–H groups in total. The molecule has 3 aromatic carbocycles. The lowest BCUT2D eigenvalue weighted by Gasteiger charge is -2.16. The predicted molar refractivity (Wildman–Crippen MR) is 135 cm³/mol. The van der Waals surface area contributed by atoms with E-state index in [9.17, 15) is 14.7 Å². The molecule has 0 fully saturated rings. The van der Waals surface area contributed by atoms with Crippen molar-refractivity contribution < 1.29 is 14.6 Å². The number of para-hydroxylation sites is 2. The van der Waals surface area contributed by atoms with E-state index in [0.717, 1.165) is 5.75 Å². The van der Waals surface area contributed by atoms with Crippen molar-refractivity contribution in [2.45, 2.75) is 30.3 Å². The number of carbonyl (C=O) groups is 1. The van der Waals surface area contributed by atoms with Crippen LogP contribution >= 0.6 is 11.8 Å². The van der Waals surface area contributed by atoms with E-state index in [-0.39, 0.29) is 18.1 Å². The summed E-state index contributed by atoms with van der Waals surface area (Å²) >= 11 is 1.22. The third kappa shape index (κ3) is 5.65. The summed E-state index contributed by atoms with van der Waals surface area (Å²) < 4.78 is 7.31. The van der Waals surface area contributed by atoms with Crippen LogP contribution < -0.4 is 15.6 Å². The number of aromatic nitrogens is 2. The van der Waals surface area contributed by atoms with Crippen molar-refractivity contribution in [3.8, 4) is 11.5 Å². The summed E-state index contributed by atoms with van der Waals surface area (Å²) in [5.41, 5.74) is 1.04. The number of fused-ring (bicyclic) bond motifs is 1. The zero-order valence-corrected chi connectivity index (χ0v) is 19.5. The van der Waals surface area contributed by atoms with Crippen LogP contribution in [0.25, 0.3) is 10.9 Å². The quantitative estimate of drug-likeness (QED) is 0.269. The molecule has 1 aromatic heterocycles. The molecule has 0 saturated heterocycles. The van der Waals surface area contributed by atoms with E-state index in [0.29, 0.717) is 40.5 Å². The Morgan fingerprint density at radius 1 is 1.03 bits per heavy atom. The SMILES string of the molecule is CC(Sc1nc2ccccc2c(=O)n1CCCO)C(=O)Nc1ccc(Oc2ccccc2)cc1. The van der Waals surface area contributed by atoms with Crippen LogP contribution in [0.4, 0.5) is 5.69 Å². The summed E-state index contributed by atoms with van der Waals surface area (Å²) in [6, 6.07) is 23.7. The maximum atomic E-state index is 13.0. The fraction of sp³-hybridized carbons (Fsp3) is 0.192. The average Bonchev–Trinajstić information content (AvgIpc) is 2.85. The number of benzene rings is 3. The first kappa shape index (κ1) is 23.5. The van der Waals surface area contributed by atoms with Crippen LogP contribution in [0.2, 0.25) is 0 Å². The third-order valence-corrected chi connectivity index (χ3v) is 6.21. The molecule has 0 bridgehead atoms. The molecule has 1 atom stereocenters. The summed E-state index contributed by atoms with van der Waals surface area (Å²) in [6.45, 7) is 2.06. The molecule has 0 radical (unpaired) electrons. The predicted octanol–water partition coefficient (Wildman–Crippen LogP) is 4.69. The largest absolute Gasteiger partial charge is 0.457 e. The molecule has 1 amide bonds. The number of amides is 1. The molecule has 4 rings (SSSR count). The Hall–Kier alpha value is -3.62. The second-order valence-corrected chi connectivity index (χ2v) is 8.94. The summed E-state index contributed by atoms with van der Waals surface area (Å²) in [5.74, 6) is 1.19. The minimum atomic E-state index is -0.506. The van der Waals surface area contributed by atoms with Crippen molar-refractivity contribution >= 4 is 34.3 Å². The number of anilines is 1. The van der Waals surface area contributed by atoms with Gasteiger partial charge in [0.1, 0.15) is 11.5 Å². The number of carbonyl (C=O) groups excluding carboxylic acids is 1. The maximum Gasteiger partial charge on any atom is 0.262 e. The lowest BCUT2D eigenvalue weighted by atomic mass is 10.2. The van der Waals surface area contributed by atoms with Gasteiger partial charge in [-0.2, -0.15) is 0 Å². The van der Waals surface area contributed by atoms with Crippen molar-refractivity contribution in [2.75, 3.05) is 11.9 Å². The van der Waals surface area contributed by atoms with Gasteiger partial charge in [0.15, 0.2) is 5.16 Å². The zero-order valence-electron chi connectivity index (χ0n) is 18.7. The van der Waals surface area contributed by atoms with Crippen LogP contribution in [0.5, 0.6) is 11.5 Å². The van der Waals surface area contributed by atoms with E-state index in [4.69, 9.17) is 4.74 Å². The van der Waals surface area contributed by atoms with Gasteiger partial charge in [0, 0.05) is 18.8 Å². The summed E-state index contributed by atoms with van der Waals surface area (Å²) in [5, 5.41) is 12.6. The molecule has 0 aliphatic rings. The smallest absolute Gasteiger partial charge is 0.262 e. The van der Waals surface area contributed by atoms with Gasteiger partial charge in [-0.3, -0.25) is 14.2 Å². The van der Waals surface area contributed by atoms with E-state index in [1.165, 1.54) is 16.3 Å². The molecule has 34 heavy (non-hydrogen) atoms. The van der Waals surface area contributed by atoms with E-state index < -0.39 is 5.25 Å². The van der Waals surface area contributed by atoms with Crippen molar-refractivity contribution in [3.63, 3.8) is 0 Å². The maximum absolute atomic E-state index is 13.0. The lowest BCUT2D eigenvalue weighted by Crippen LogP contribution is -2.27. The van der Waals surface area contributed by atoms with Crippen molar-refractivity contribution in [1.29, 1.82) is 0 Å². The van der Waals surface area contributed by atoms with Gasteiger partial charge in [-0.25, -0.2) is 4.98 Å². The second-order valence-electron chi connectivity index (χ2n) is 7.63. The number of thioether (sulfide) groups is 1. The average molecular weight is 476 g/mol. The topological polar surface area (TPSA) is 93.5 Å². The highest BCUT2D eigenvalue weighted by Crippen LogP contribution is 2.26. The molecule has 0 spiro atoms. The Labute approximate surface area is 201 Å². The van der Waals surface area contributed by atoms with Crippen LogP contribution in [0, 0.1) is 0 Å². The minimum Gasteiger partial charge on any atom is -0.457 e. The number of nitrogens with zero attached hydrogens (tertiary/aromatic N) is 2. The lowest BCUT2D eigenvalue weighted by molar-refractivity contribution is -0.115. The van der Waals surface area contributed by atoms with Crippen LogP contribution in [0.15, 0.2) is 88.8 Å². The van der Waals surface area contributed by atoms with E-state index in [1.54, 1.807) is 49.4 Å². The molecule has 4 aromatic rings. The zero-order chi connectivity index (χ0) is 23.9. The third-order valence-electron chi connectivity index (χ3n) is 5.12. The number of hydrogen-bond donors (Lipinski definition) is 2. The molecule has 0 saturated carbocycles. The highest BCUT2D eigenvalue weighted by Gasteiger charge is 2.19. The molecule has 0 aliphatic heterocycles. The Balaban J connectivity index is 1.46. The van der Waals surface area contributed by atoms with Gasteiger partial charge in [-0.05, 0) is 61.9 Å². The Kier molecular flexibility index (Phi) is 7.61. The molecular weight excluding hydrogens is 450 g/mol. The van der Waals surface area contributed by atoms with Crippen molar-refractivity contribution in [1.82, 2.24) is 9.55 Å². The van der Waals surface area contributed by atoms with Gasteiger partial charge in [0.05, 0.1) is 16.2 Å². The molecule has 174 valence electrons. The summed E-state index contributed by atoms with van der Waals surface area (Å²) in [7, 11) is 0. The normalized spacial score (nSPS) is 11.8. The van der Waals surface area contributed by atoms with Crippen LogP contribution in [0.1, 0.15) is 13.3 Å². The number of rotatable bonds is 9. The fourth-order valence-electron chi connectivity index (χ4n) is 3.35. The summed E-state index contributed by atoms with van der Waals surface area (Å²) in [6.07, 6.45) is 0.422. The molecule has 7 nitrogen and oxygen atoms in total. The fourth-order valence-corrected chi connectivity index (χ4v) is 4.28. The number of aliphatic hydroxyl groups is 1. The van der Waals surface area contributed by atoms with Gasteiger partial charge in [-0.15, -0.1) is 0 Å². The van der Waals surface area contributed by atoms with Crippen molar-refractivity contribution in [2.24, 2.45) is 0 Å². The van der Waals surface area contributed by atoms with E-state index in [2.05, 4.69) is 10.3 Å². The number of hydrogen-bond acceptors (Lipinski definition) is 6. The first-order chi connectivity index (χ1) is 16.5. The number of ether oxygens (including phenoxy) is 1. The molecule has 8 heteroatoms.